The van der Waals surface area contributed by atoms with Crippen LogP contribution in [0.1, 0.15) is 47.8 Å². The second-order valence-corrected chi connectivity index (χ2v) is 13.3. The number of aromatic amines is 1. The Labute approximate surface area is 241 Å². The molecule has 0 spiro atoms. The first-order valence-corrected chi connectivity index (χ1v) is 15.1. The molecule has 240 valence electrons. The highest BCUT2D eigenvalue weighted by atomic mass is 32.4. The molecular weight excluding hydrogens is 622 g/mol. The number of esters is 2. The van der Waals surface area contributed by atoms with Crippen LogP contribution < -0.4 is 21.4 Å². The van der Waals surface area contributed by atoms with Crippen molar-refractivity contribution in [2.45, 2.75) is 96.1 Å². The maximum Gasteiger partial charge on any atom is 0.330 e. The Balaban J connectivity index is 2.49. The molecule has 1 fully saturated rings. The van der Waals surface area contributed by atoms with Crippen LogP contribution in [0.25, 0.3) is 0 Å². The molecule has 2 heterocycles. The molecule has 1 aliphatic rings. The predicted molar refractivity (Wildman–Crippen MR) is 139 cm³/mol. The van der Waals surface area contributed by atoms with Crippen LogP contribution in [0, 0.1) is 5.82 Å². The molecule has 1 aromatic heterocycles. The van der Waals surface area contributed by atoms with Crippen molar-refractivity contribution < 1.29 is 55.4 Å². The Morgan fingerprint density at radius 2 is 1.57 bits per heavy atom. The topological polar surface area (TPSA) is 170 Å². The van der Waals surface area contributed by atoms with Gasteiger partial charge in [-0.15, -0.1) is 0 Å². The fraction of sp³-hybridized carbons (Fsp3) is 0.727. The van der Waals surface area contributed by atoms with Gasteiger partial charge in [-0.25, -0.2) is 23.7 Å². The van der Waals surface area contributed by atoms with E-state index in [1.807, 2.05) is 0 Å². The lowest BCUT2D eigenvalue weighted by atomic mass is 9.95. The van der Waals surface area contributed by atoms with Crippen molar-refractivity contribution in [1.29, 1.82) is 0 Å². The zero-order chi connectivity index (χ0) is 32.4. The van der Waals surface area contributed by atoms with Crippen molar-refractivity contribution in [2.24, 2.45) is 0 Å². The van der Waals surface area contributed by atoms with Gasteiger partial charge in [0.2, 0.25) is 11.4 Å². The smallest absolute Gasteiger partial charge is 0.330 e. The van der Waals surface area contributed by atoms with E-state index in [2.05, 4.69) is 10.2 Å². The van der Waals surface area contributed by atoms with Crippen LogP contribution in [0.15, 0.2) is 15.8 Å². The van der Waals surface area contributed by atoms with E-state index in [9.17, 15) is 37.5 Å². The van der Waals surface area contributed by atoms with Crippen LogP contribution in [0.4, 0.5) is 22.0 Å². The molecule has 0 aliphatic carbocycles. The van der Waals surface area contributed by atoms with Crippen molar-refractivity contribution in [3.05, 3.63) is 32.9 Å². The molecule has 20 heteroatoms. The number of halogens is 5. The van der Waals surface area contributed by atoms with Crippen molar-refractivity contribution in [1.82, 2.24) is 19.7 Å². The lowest BCUT2D eigenvalue weighted by Crippen LogP contribution is -2.58. The van der Waals surface area contributed by atoms with Crippen molar-refractivity contribution in [3.8, 4) is 0 Å². The molecule has 0 aromatic carbocycles. The Morgan fingerprint density at radius 3 is 2.00 bits per heavy atom. The first-order valence-electron chi connectivity index (χ1n) is 12.4. The SMILES string of the molecule is CC(C)OC(=O)[C@H](C)NP(=S)(N[C@@H](C)C(=O)OC(C)C)OC[C@@]1(C(F)F)O[C@@H](n2cc(F)c(=O)[nH]c2=O)[C@H](O)C1(F)F. The number of rotatable bonds is 13. The molecule has 4 N–H and O–H groups in total. The van der Waals surface area contributed by atoms with Gasteiger partial charge in [-0.3, -0.25) is 23.9 Å². The number of hydrogen-bond donors (Lipinski definition) is 4. The number of aliphatic hydroxyl groups is 1. The second kappa shape index (κ2) is 13.6. The highest BCUT2D eigenvalue weighted by Gasteiger charge is 2.74. The van der Waals surface area contributed by atoms with E-state index < -0.39 is 96.8 Å². The minimum absolute atomic E-state index is 0.0278. The van der Waals surface area contributed by atoms with Crippen LogP contribution >= 0.6 is 6.57 Å². The van der Waals surface area contributed by atoms with Gasteiger partial charge < -0.3 is 23.8 Å². The molecule has 0 bridgehead atoms. The zero-order valence-corrected chi connectivity index (χ0v) is 24.9. The maximum atomic E-state index is 15.4. The summed E-state index contributed by atoms with van der Waals surface area (Å²) < 4.78 is 93.6. The summed E-state index contributed by atoms with van der Waals surface area (Å²) in [6.45, 7) is 2.72. The summed E-state index contributed by atoms with van der Waals surface area (Å²) in [5.74, 6) is -8.30. The molecule has 1 saturated heterocycles. The summed E-state index contributed by atoms with van der Waals surface area (Å²) >= 11 is 5.37. The highest BCUT2D eigenvalue weighted by molar-refractivity contribution is 8.10. The van der Waals surface area contributed by atoms with E-state index >= 15 is 8.78 Å². The molecule has 0 unspecified atom stereocenters. The number of nitrogens with zero attached hydrogens (tertiary/aromatic N) is 1. The van der Waals surface area contributed by atoms with E-state index in [-0.39, 0.29) is 10.8 Å². The number of aromatic nitrogens is 2. The molecule has 0 amide bonds. The van der Waals surface area contributed by atoms with E-state index in [1.54, 1.807) is 0 Å². The number of nitrogens with one attached hydrogen (secondary N) is 3. The van der Waals surface area contributed by atoms with Gasteiger partial charge in [-0.1, -0.05) is 0 Å². The third-order valence-electron chi connectivity index (χ3n) is 5.69. The van der Waals surface area contributed by atoms with Gasteiger partial charge in [0.15, 0.2) is 18.9 Å². The molecule has 5 atom stereocenters. The van der Waals surface area contributed by atoms with E-state index in [4.69, 9.17) is 30.5 Å². The quantitative estimate of drug-likeness (QED) is 0.137. The van der Waals surface area contributed by atoms with Gasteiger partial charge in [0, 0.05) is 0 Å². The summed E-state index contributed by atoms with van der Waals surface area (Å²) in [6.07, 6.45) is -11.0. The lowest BCUT2D eigenvalue weighted by molar-refractivity contribution is -0.241. The molecule has 1 aliphatic heterocycles. The van der Waals surface area contributed by atoms with Crippen LogP contribution in [-0.4, -0.2) is 81.5 Å². The summed E-state index contributed by atoms with van der Waals surface area (Å²) in [4.78, 5) is 49.7. The number of hydrogen-bond acceptors (Lipinski definition) is 10. The summed E-state index contributed by atoms with van der Waals surface area (Å²) in [7, 11) is 0. The fourth-order valence-electron chi connectivity index (χ4n) is 3.62. The lowest BCUT2D eigenvalue weighted by Gasteiger charge is -2.36. The van der Waals surface area contributed by atoms with E-state index in [0.29, 0.717) is 0 Å². The molecule has 0 radical (unpaired) electrons. The number of alkyl halides is 4. The Hall–Kier alpha value is -2.28. The van der Waals surface area contributed by atoms with Gasteiger partial charge in [0.25, 0.3) is 12.0 Å². The van der Waals surface area contributed by atoms with Gasteiger partial charge in [0.05, 0.1) is 25.0 Å². The van der Waals surface area contributed by atoms with Gasteiger partial charge in [0.1, 0.15) is 12.1 Å². The standard InChI is InChI=1S/C22H32F5N4O9PS/c1-9(2)38-17(34)11(5)29-41(42,30-12(6)18(35)39-10(3)4)37-8-21(19(24)25)22(26,27)14(32)16(40-21)31-7-13(23)15(33)28-20(31)36/h7,9-12,14,16,19,32H,8H2,1-6H3,(H,28,33,36)(H2,29,30,42)/t11-,12-,14-,16+,21-/m0/s1. The van der Waals surface area contributed by atoms with Crippen LogP contribution in [-0.2, 0) is 40.1 Å². The van der Waals surface area contributed by atoms with Gasteiger partial charge >= 0.3 is 23.6 Å². The average Bonchev–Trinajstić information content (AvgIpc) is 3.05. The zero-order valence-electron chi connectivity index (χ0n) is 23.2. The first kappa shape index (κ1) is 35.9. The Kier molecular flexibility index (Phi) is 11.6. The van der Waals surface area contributed by atoms with Gasteiger partial charge in [-0.05, 0) is 53.3 Å². The normalized spacial score (nSPS) is 23.8. The van der Waals surface area contributed by atoms with Crippen molar-refractivity contribution in [2.75, 3.05) is 6.61 Å². The Morgan fingerprint density at radius 1 is 1.10 bits per heavy atom. The number of carbonyl (C=O) groups is 2. The second-order valence-electron chi connectivity index (χ2n) is 9.91. The minimum Gasteiger partial charge on any atom is -0.462 e. The number of carbonyl (C=O) groups excluding carboxylic acids is 2. The van der Waals surface area contributed by atoms with Crippen LogP contribution in [0.2, 0.25) is 0 Å². The fourth-order valence-corrected chi connectivity index (χ4v) is 6.55. The summed E-state index contributed by atoms with van der Waals surface area (Å²) in [5.41, 5.74) is -7.08. The average molecular weight is 655 g/mol. The third-order valence-corrected chi connectivity index (χ3v) is 8.58. The van der Waals surface area contributed by atoms with Gasteiger partial charge in [-0.2, -0.15) is 13.2 Å². The molecular formula is C22H32F5N4O9PS. The minimum atomic E-state index is -4.87. The number of ether oxygens (including phenoxy) is 3. The molecule has 0 saturated carbocycles. The molecule has 13 nitrogen and oxygen atoms in total. The van der Waals surface area contributed by atoms with Crippen molar-refractivity contribution in [3.63, 3.8) is 0 Å². The molecule has 42 heavy (non-hydrogen) atoms. The van der Waals surface area contributed by atoms with Crippen LogP contribution in [0.5, 0.6) is 0 Å². The largest absolute Gasteiger partial charge is 0.462 e. The van der Waals surface area contributed by atoms with Crippen LogP contribution in [0.3, 0.4) is 0 Å². The maximum absolute atomic E-state index is 15.4. The van der Waals surface area contributed by atoms with E-state index in [0.717, 1.165) is 0 Å². The van der Waals surface area contributed by atoms with Crippen molar-refractivity contribution >= 4 is 30.3 Å². The predicted octanol–water partition coefficient (Wildman–Crippen LogP) is 1.31. The summed E-state index contributed by atoms with van der Waals surface area (Å²) in [6, 6.07) is -2.62. The highest BCUT2D eigenvalue weighted by Crippen LogP contribution is 2.53. The third kappa shape index (κ3) is 7.81. The molecule has 2 rings (SSSR count). The number of H-pyrrole nitrogens is 1. The number of aliphatic hydroxyl groups excluding tert-OH is 1. The monoisotopic (exact) mass is 654 g/mol. The Bertz CT molecular complexity index is 1280. The first-order chi connectivity index (χ1) is 19.2. The molecule has 1 aromatic rings. The summed E-state index contributed by atoms with van der Waals surface area (Å²) in [5, 5.41) is 15.2. The van der Waals surface area contributed by atoms with E-state index in [1.165, 1.54) is 46.5 Å².